The van der Waals surface area contributed by atoms with Crippen LogP contribution in [0, 0.1) is 5.92 Å². The number of anilines is 1. The lowest BCUT2D eigenvalue weighted by molar-refractivity contribution is 0.0921. The fourth-order valence-corrected chi connectivity index (χ4v) is 3.19. The molecule has 0 saturated heterocycles. The number of carbonyl (C=O) groups excluding carboxylic acids is 1. The lowest BCUT2D eigenvalue weighted by Gasteiger charge is -2.29. The van der Waals surface area contributed by atoms with Crippen molar-refractivity contribution in [2.45, 2.75) is 58.4 Å². The van der Waals surface area contributed by atoms with Gasteiger partial charge in [-0.15, -0.1) is 0 Å². The summed E-state index contributed by atoms with van der Waals surface area (Å²) in [5.41, 5.74) is 1.51. The van der Waals surface area contributed by atoms with E-state index in [2.05, 4.69) is 22.5 Å². The normalized spacial score (nSPS) is 21.8. The van der Waals surface area contributed by atoms with Crippen LogP contribution in [0.2, 0.25) is 0 Å². The van der Waals surface area contributed by atoms with Crippen LogP contribution in [0.4, 0.5) is 5.69 Å². The van der Waals surface area contributed by atoms with Gasteiger partial charge in [-0.3, -0.25) is 9.78 Å². The zero-order chi connectivity index (χ0) is 15.1. The highest BCUT2D eigenvalue weighted by Gasteiger charge is 2.23. The molecule has 4 nitrogen and oxygen atoms in total. The van der Waals surface area contributed by atoms with Crippen molar-refractivity contribution in [2.75, 3.05) is 11.9 Å². The van der Waals surface area contributed by atoms with Crippen molar-refractivity contribution in [3.63, 3.8) is 0 Å². The Morgan fingerprint density at radius 1 is 1.29 bits per heavy atom. The van der Waals surface area contributed by atoms with E-state index in [-0.39, 0.29) is 5.91 Å². The largest absolute Gasteiger partial charge is 0.385 e. The summed E-state index contributed by atoms with van der Waals surface area (Å²) in [7, 11) is 0. The van der Waals surface area contributed by atoms with Crippen molar-refractivity contribution in [3.05, 3.63) is 24.0 Å². The minimum atomic E-state index is -0.00186. The Morgan fingerprint density at radius 3 is 2.71 bits per heavy atom. The van der Waals surface area contributed by atoms with Crippen LogP contribution < -0.4 is 10.6 Å². The van der Waals surface area contributed by atoms with Gasteiger partial charge in [-0.05, 0) is 44.6 Å². The van der Waals surface area contributed by atoms with Crippen LogP contribution in [0.25, 0.3) is 0 Å². The Hall–Kier alpha value is -1.58. The third-order valence-electron chi connectivity index (χ3n) is 4.31. The summed E-state index contributed by atoms with van der Waals surface area (Å²) in [5, 5.41) is 6.39. The molecule has 116 valence electrons. The van der Waals surface area contributed by atoms with Crippen molar-refractivity contribution >= 4 is 11.6 Å². The van der Waals surface area contributed by atoms with E-state index in [1.54, 1.807) is 12.4 Å². The molecule has 0 aromatic carbocycles. The smallest absolute Gasteiger partial charge is 0.255 e. The van der Waals surface area contributed by atoms with Gasteiger partial charge in [-0.2, -0.15) is 0 Å². The van der Waals surface area contributed by atoms with Gasteiger partial charge in [0.1, 0.15) is 0 Å². The number of amides is 1. The van der Waals surface area contributed by atoms with Crippen LogP contribution in [0.15, 0.2) is 18.5 Å². The van der Waals surface area contributed by atoms with E-state index in [4.69, 9.17) is 0 Å². The van der Waals surface area contributed by atoms with E-state index in [1.165, 1.54) is 25.7 Å². The van der Waals surface area contributed by atoms with Crippen LogP contribution in [0.5, 0.6) is 0 Å². The Bertz CT molecular complexity index is 453. The Balaban J connectivity index is 1.90. The maximum absolute atomic E-state index is 12.4. The first kappa shape index (κ1) is 15.8. The molecule has 2 N–H and O–H groups in total. The summed E-state index contributed by atoms with van der Waals surface area (Å²) >= 11 is 0. The molecule has 0 unspecified atom stereocenters. The number of nitrogens with zero attached hydrogens (tertiary/aromatic N) is 1. The van der Waals surface area contributed by atoms with Crippen molar-refractivity contribution in [1.82, 2.24) is 10.3 Å². The summed E-state index contributed by atoms with van der Waals surface area (Å²) in [5.74, 6) is 0.858. The molecule has 21 heavy (non-hydrogen) atoms. The summed E-state index contributed by atoms with van der Waals surface area (Å²) in [6.45, 7) is 5.07. The molecule has 0 bridgehead atoms. The predicted molar refractivity (Wildman–Crippen MR) is 86.5 cm³/mol. The van der Waals surface area contributed by atoms with Crippen molar-refractivity contribution in [1.29, 1.82) is 0 Å². The van der Waals surface area contributed by atoms with Crippen LogP contribution in [0.1, 0.15) is 62.7 Å². The summed E-state index contributed by atoms with van der Waals surface area (Å²) in [6, 6.07) is 2.18. The lowest BCUT2D eigenvalue weighted by Crippen LogP contribution is -2.38. The fourth-order valence-electron chi connectivity index (χ4n) is 3.19. The summed E-state index contributed by atoms with van der Waals surface area (Å²) < 4.78 is 0. The van der Waals surface area contributed by atoms with Gasteiger partial charge in [0.25, 0.3) is 5.91 Å². The fraction of sp³-hybridized carbons (Fsp3) is 0.647. The highest BCUT2D eigenvalue weighted by atomic mass is 16.1. The standard InChI is InChI=1S/C17H27N3O/c1-3-5-13-6-8-14(9-7-13)20-17(21)15-12-18-11-10-16(15)19-4-2/h10-14H,3-9H2,1-2H3,(H,18,19)(H,20,21). The van der Waals surface area contributed by atoms with Gasteiger partial charge in [-0.25, -0.2) is 0 Å². The second kappa shape index (κ2) is 8.01. The third kappa shape index (κ3) is 4.45. The molecule has 1 amide bonds. The Labute approximate surface area is 127 Å². The first-order valence-electron chi connectivity index (χ1n) is 8.23. The van der Waals surface area contributed by atoms with E-state index in [9.17, 15) is 4.79 Å². The van der Waals surface area contributed by atoms with Crippen LogP contribution in [-0.2, 0) is 0 Å². The zero-order valence-electron chi connectivity index (χ0n) is 13.2. The quantitative estimate of drug-likeness (QED) is 0.841. The maximum atomic E-state index is 12.4. The number of nitrogens with one attached hydrogen (secondary N) is 2. The SMILES string of the molecule is CCCC1CCC(NC(=O)c2cnccc2NCC)CC1. The van der Waals surface area contributed by atoms with Crippen molar-refractivity contribution < 1.29 is 4.79 Å². The van der Waals surface area contributed by atoms with Gasteiger partial charge >= 0.3 is 0 Å². The minimum absolute atomic E-state index is 0.00186. The molecule has 1 fully saturated rings. The zero-order valence-corrected chi connectivity index (χ0v) is 13.2. The molecule has 1 aliphatic carbocycles. The molecule has 1 heterocycles. The number of hydrogen-bond donors (Lipinski definition) is 2. The average Bonchev–Trinajstić information content (AvgIpc) is 2.50. The Kier molecular flexibility index (Phi) is 6.03. The molecule has 0 atom stereocenters. The lowest BCUT2D eigenvalue weighted by atomic mass is 9.83. The van der Waals surface area contributed by atoms with Crippen molar-refractivity contribution in [3.8, 4) is 0 Å². The molecule has 0 spiro atoms. The van der Waals surface area contributed by atoms with Gasteiger partial charge in [0, 0.05) is 25.0 Å². The van der Waals surface area contributed by atoms with E-state index < -0.39 is 0 Å². The molecule has 0 aliphatic heterocycles. The van der Waals surface area contributed by atoms with E-state index >= 15 is 0 Å². The topological polar surface area (TPSA) is 54.0 Å². The molecule has 1 aliphatic rings. The molecule has 1 saturated carbocycles. The van der Waals surface area contributed by atoms with E-state index in [0.29, 0.717) is 11.6 Å². The second-order valence-corrected chi connectivity index (χ2v) is 5.93. The number of rotatable bonds is 6. The first-order valence-corrected chi connectivity index (χ1v) is 8.23. The Morgan fingerprint density at radius 2 is 2.05 bits per heavy atom. The monoisotopic (exact) mass is 289 g/mol. The van der Waals surface area contributed by atoms with Gasteiger partial charge in [0.2, 0.25) is 0 Å². The summed E-state index contributed by atoms with van der Waals surface area (Å²) in [4.78, 5) is 16.5. The van der Waals surface area contributed by atoms with Gasteiger partial charge in [0.15, 0.2) is 0 Å². The van der Waals surface area contributed by atoms with Gasteiger partial charge < -0.3 is 10.6 Å². The second-order valence-electron chi connectivity index (χ2n) is 5.93. The molecular formula is C17H27N3O. The number of pyridine rings is 1. The predicted octanol–water partition coefficient (Wildman–Crippen LogP) is 3.60. The molecular weight excluding hydrogens is 262 g/mol. The van der Waals surface area contributed by atoms with Crippen molar-refractivity contribution in [2.24, 2.45) is 5.92 Å². The number of aromatic nitrogens is 1. The molecule has 0 radical (unpaired) electrons. The summed E-state index contributed by atoms with van der Waals surface area (Å²) in [6.07, 6.45) is 10.6. The molecule has 2 rings (SSSR count). The minimum Gasteiger partial charge on any atom is -0.385 e. The maximum Gasteiger partial charge on any atom is 0.255 e. The molecule has 4 heteroatoms. The third-order valence-corrected chi connectivity index (χ3v) is 4.31. The number of hydrogen-bond acceptors (Lipinski definition) is 3. The average molecular weight is 289 g/mol. The first-order chi connectivity index (χ1) is 10.2. The van der Waals surface area contributed by atoms with Crippen LogP contribution in [0.3, 0.4) is 0 Å². The van der Waals surface area contributed by atoms with Gasteiger partial charge in [-0.1, -0.05) is 19.8 Å². The highest BCUT2D eigenvalue weighted by Crippen LogP contribution is 2.28. The van der Waals surface area contributed by atoms with Crippen LogP contribution in [-0.4, -0.2) is 23.5 Å². The van der Waals surface area contributed by atoms with Gasteiger partial charge in [0.05, 0.1) is 11.3 Å². The van der Waals surface area contributed by atoms with Crippen LogP contribution >= 0.6 is 0 Å². The van der Waals surface area contributed by atoms with E-state index in [0.717, 1.165) is 31.0 Å². The number of carbonyl (C=O) groups is 1. The molecule has 1 aromatic heterocycles. The van der Waals surface area contributed by atoms with E-state index in [1.807, 2.05) is 13.0 Å². The molecule has 1 aromatic rings. The highest BCUT2D eigenvalue weighted by molar-refractivity contribution is 5.99.